The number of halogens is 1. The maximum atomic E-state index is 5.34. The molecule has 1 aromatic rings. The van der Waals surface area contributed by atoms with Crippen molar-refractivity contribution in [1.82, 2.24) is 0 Å². The second kappa shape index (κ2) is 4.83. The van der Waals surface area contributed by atoms with Crippen molar-refractivity contribution in [1.29, 1.82) is 0 Å². The summed E-state index contributed by atoms with van der Waals surface area (Å²) in [6.07, 6.45) is 2.78. The molecule has 0 unspecified atom stereocenters. The van der Waals surface area contributed by atoms with Crippen molar-refractivity contribution in [2.75, 3.05) is 13.3 Å². The maximum absolute atomic E-state index is 5.34. The molecule has 0 radical (unpaired) electrons. The van der Waals surface area contributed by atoms with Gasteiger partial charge in [-0.2, -0.15) is 0 Å². The van der Waals surface area contributed by atoms with E-state index in [1.54, 1.807) is 0 Å². The van der Waals surface area contributed by atoms with E-state index in [1.807, 2.05) is 19.2 Å². The highest BCUT2D eigenvalue weighted by molar-refractivity contribution is 14.1. The third-order valence-electron chi connectivity index (χ3n) is 2.23. The fraction of sp³-hybridized carbons (Fsp3) is 0.364. The summed E-state index contributed by atoms with van der Waals surface area (Å²) in [5.74, 6) is 1.70. The first-order valence-corrected chi connectivity index (χ1v) is 5.91. The molecule has 0 aliphatic carbocycles. The van der Waals surface area contributed by atoms with Crippen molar-refractivity contribution in [2.24, 2.45) is 4.99 Å². The SMILES string of the molecule is CC=NCCc1cc2c(cc1I)OCO2. The standard InChI is InChI=1S/C11H12INO2/c1-2-13-4-3-8-5-10-11(6-9(8)12)15-7-14-10/h2,5-6H,3-4,7H2,1H3. The smallest absolute Gasteiger partial charge is 0.231 e. The lowest BCUT2D eigenvalue weighted by Crippen LogP contribution is -1.93. The summed E-state index contributed by atoms with van der Waals surface area (Å²) in [5.41, 5.74) is 1.27. The van der Waals surface area contributed by atoms with Gasteiger partial charge in [-0.25, -0.2) is 0 Å². The largest absolute Gasteiger partial charge is 0.454 e. The summed E-state index contributed by atoms with van der Waals surface area (Å²) in [5, 5.41) is 0. The summed E-state index contributed by atoms with van der Waals surface area (Å²) in [7, 11) is 0. The summed E-state index contributed by atoms with van der Waals surface area (Å²) in [6.45, 7) is 3.10. The van der Waals surface area contributed by atoms with Gasteiger partial charge in [0, 0.05) is 10.1 Å². The minimum absolute atomic E-state index is 0.335. The molecule has 80 valence electrons. The molecule has 0 N–H and O–H groups in total. The second-order valence-electron chi connectivity index (χ2n) is 3.21. The van der Waals surface area contributed by atoms with E-state index in [-0.39, 0.29) is 0 Å². The number of hydrogen-bond acceptors (Lipinski definition) is 3. The molecule has 0 saturated heterocycles. The van der Waals surface area contributed by atoms with Crippen molar-refractivity contribution >= 4 is 28.8 Å². The molecule has 0 spiro atoms. The topological polar surface area (TPSA) is 30.8 Å². The minimum Gasteiger partial charge on any atom is -0.454 e. The summed E-state index contributed by atoms with van der Waals surface area (Å²) in [4.78, 5) is 4.20. The van der Waals surface area contributed by atoms with E-state index in [2.05, 4.69) is 33.6 Å². The maximum Gasteiger partial charge on any atom is 0.231 e. The van der Waals surface area contributed by atoms with E-state index in [0.717, 1.165) is 24.5 Å². The molecule has 2 rings (SSSR count). The predicted octanol–water partition coefficient (Wildman–Crippen LogP) is 2.65. The fourth-order valence-corrected chi connectivity index (χ4v) is 2.17. The van der Waals surface area contributed by atoms with Crippen LogP contribution in [-0.4, -0.2) is 19.6 Å². The third kappa shape index (κ3) is 2.42. The average Bonchev–Trinajstić information content (AvgIpc) is 2.65. The Balaban J connectivity index is 2.17. The van der Waals surface area contributed by atoms with Crippen LogP contribution >= 0.6 is 22.6 Å². The van der Waals surface area contributed by atoms with E-state index in [0.29, 0.717) is 6.79 Å². The molecule has 1 aromatic carbocycles. The molecule has 1 aliphatic heterocycles. The van der Waals surface area contributed by atoms with Crippen molar-refractivity contribution < 1.29 is 9.47 Å². The molecular formula is C11H12INO2. The van der Waals surface area contributed by atoms with Gasteiger partial charge in [0.15, 0.2) is 11.5 Å². The Hall–Kier alpha value is -0.780. The number of aliphatic imine (C=N–C) groups is 1. The molecular weight excluding hydrogens is 305 g/mol. The first kappa shape index (κ1) is 10.7. The van der Waals surface area contributed by atoms with Gasteiger partial charge >= 0.3 is 0 Å². The van der Waals surface area contributed by atoms with E-state index >= 15 is 0 Å². The first-order valence-electron chi connectivity index (χ1n) is 4.83. The zero-order chi connectivity index (χ0) is 10.7. The van der Waals surface area contributed by atoms with Crippen LogP contribution in [0.5, 0.6) is 11.5 Å². The normalized spacial score (nSPS) is 13.7. The van der Waals surface area contributed by atoms with Gasteiger partial charge in [-0.3, -0.25) is 4.99 Å². The van der Waals surface area contributed by atoms with Crippen molar-refractivity contribution in [2.45, 2.75) is 13.3 Å². The third-order valence-corrected chi connectivity index (χ3v) is 3.24. The molecule has 3 nitrogen and oxygen atoms in total. The highest BCUT2D eigenvalue weighted by atomic mass is 127. The fourth-order valence-electron chi connectivity index (χ4n) is 1.46. The number of ether oxygens (including phenoxy) is 2. The van der Waals surface area contributed by atoms with Gasteiger partial charge in [-0.05, 0) is 59.8 Å². The Kier molecular flexibility index (Phi) is 3.45. The van der Waals surface area contributed by atoms with Crippen molar-refractivity contribution in [3.8, 4) is 11.5 Å². The molecule has 1 aliphatic rings. The first-order chi connectivity index (χ1) is 7.31. The van der Waals surface area contributed by atoms with Crippen LogP contribution < -0.4 is 9.47 Å². The lowest BCUT2D eigenvalue weighted by molar-refractivity contribution is 0.174. The van der Waals surface area contributed by atoms with E-state index in [9.17, 15) is 0 Å². The van der Waals surface area contributed by atoms with Crippen molar-refractivity contribution in [3.63, 3.8) is 0 Å². The van der Waals surface area contributed by atoms with Crippen molar-refractivity contribution in [3.05, 3.63) is 21.3 Å². The minimum atomic E-state index is 0.335. The molecule has 1 heterocycles. The summed E-state index contributed by atoms with van der Waals surface area (Å²) in [6, 6.07) is 4.07. The highest BCUT2D eigenvalue weighted by Crippen LogP contribution is 2.35. The zero-order valence-electron chi connectivity index (χ0n) is 8.50. The van der Waals surface area contributed by atoms with Gasteiger partial charge in [0.05, 0.1) is 0 Å². The van der Waals surface area contributed by atoms with Crippen LogP contribution in [0.25, 0.3) is 0 Å². The molecule has 0 fully saturated rings. The molecule has 0 bridgehead atoms. The Morgan fingerprint density at radius 2 is 2.13 bits per heavy atom. The molecule has 4 heteroatoms. The number of fused-ring (bicyclic) bond motifs is 1. The van der Waals surface area contributed by atoms with Crippen LogP contribution in [0.2, 0.25) is 0 Å². The Morgan fingerprint density at radius 3 is 2.87 bits per heavy atom. The van der Waals surface area contributed by atoms with Gasteiger partial charge in [-0.15, -0.1) is 0 Å². The Bertz CT molecular complexity index is 390. The molecule has 0 saturated carbocycles. The lowest BCUT2D eigenvalue weighted by Gasteiger charge is -2.04. The highest BCUT2D eigenvalue weighted by Gasteiger charge is 2.15. The lowest BCUT2D eigenvalue weighted by atomic mass is 10.1. The van der Waals surface area contributed by atoms with Crippen LogP contribution in [0.1, 0.15) is 12.5 Å². The second-order valence-corrected chi connectivity index (χ2v) is 4.37. The average molecular weight is 317 g/mol. The van der Waals surface area contributed by atoms with Crippen LogP contribution in [0.15, 0.2) is 17.1 Å². The molecule has 0 aromatic heterocycles. The van der Waals surface area contributed by atoms with E-state index in [4.69, 9.17) is 9.47 Å². The molecule has 15 heavy (non-hydrogen) atoms. The number of nitrogens with zero attached hydrogens (tertiary/aromatic N) is 1. The van der Waals surface area contributed by atoms with Gasteiger partial charge in [-0.1, -0.05) is 0 Å². The number of rotatable bonds is 3. The van der Waals surface area contributed by atoms with Gasteiger partial charge in [0.2, 0.25) is 6.79 Å². The monoisotopic (exact) mass is 317 g/mol. The Morgan fingerprint density at radius 1 is 1.40 bits per heavy atom. The quantitative estimate of drug-likeness (QED) is 0.634. The number of benzene rings is 1. The molecule has 0 atom stereocenters. The van der Waals surface area contributed by atoms with Crippen LogP contribution in [0, 0.1) is 3.57 Å². The zero-order valence-corrected chi connectivity index (χ0v) is 10.7. The van der Waals surface area contributed by atoms with Crippen LogP contribution in [0.4, 0.5) is 0 Å². The van der Waals surface area contributed by atoms with Crippen LogP contribution in [0.3, 0.4) is 0 Å². The van der Waals surface area contributed by atoms with Crippen LogP contribution in [-0.2, 0) is 6.42 Å². The summed E-state index contributed by atoms with van der Waals surface area (Å²) < 4.78 is 11.9. The van der Waals surface area contributed by atoms with Gasteiger partial charge < -0.3 is 9.47 Å². The molecule has 0 amide bonds. The predicted molar refractivity (Wildman–Crippen MR) is 68.0 cm³/mol. The van der Waals surface area contributed by atoms with E-state index in [1.165, 1.54) is 9.13 Å². The van der Waals surface area contributed by atoms with Gasteiger partial charge in [0.25, 0.3) is 0 Å². The number of hydrogen-bond donors (Lipinski definition) is 0. The van der Waals surface area contributed by atoms with Gasteiger partial charge in [0.1, 0.15) is 0 Å². The van der Waals surface area contributed by atoms with E-state index < -0.39 is 0 Å². The summed E-state index contributed by atoms with van der Waals surface area (Å²) >= 11 is 2.32. The Labute approximate surface area is 103 Å².